The van der Waals surface area contributed by atoms with Crippen molar-refractivity contribution < 1.29 is 19.1 Å². The number of carbonyl (C=O) groups is 2. The highest BCUT2D eigenvalue weighted by molar-refractivity contribution is 6.34. The van der Waals surface area contributed by atoms with Crippen LogP contribution in [-0.4, -0.2) is 43.8 Å². The Bertz CT molecular complexity index is 806. The van der Waals surface area contributed by atoms with Crippen LogP contribution in [0.25, 0.3) is 0 Å². The van der Waals surface area contributed by atoms with Crippen LogP contribution in [0.2, 0.25) is 0 Å². The number of fused-ring (bicyclic) bond motifs is 1. The highest BCUT2D eigenvalue weighted by Gasteiger charge is 2.30. The first-order valence-corrected chi connectivity index (χ1v) is 7.21. The third-order valence-electron chi connectivity index (χ3n) is 3.57. The molecule has 1 unspecified atom stereocenters. The lowest BCUT2D eigenvalue weighted by Gasteiger charge is -2.24. The largest absolute Gasteiger partial charge is 0.498 e. The van der Waals surface area contributed by atoms with E-state index in [1.165, 1.54) is 14.2 Å². The monoisotopic (exact) mass is 325 g/mol. The molecule has 2 amide bonds. The van der Waals surface area contributed by atoms with Crippen LogP contribution < -0.4 is 5.32 Å². The number of carbonyl (C=O) groups excluding carboxylic acids is 2. The van der Waals surface area contributed by atoms with Crippen LogP contribution in [0.1, 0.15) is 10.4 Å². The van der Waals surface area contributed by atoms with Crippen molar-refractivity contribution in [3.8, 4) is 0 Å². The van der Waals surface area contributed by atoms with E-state index in [1.54, 1.807) is 42.5 Å². The maximum atomic E-state index is 12.2. The number of rotatable bonds is 3. The molecule has 1 aromatic rings. The number of hydrogen-bond donors (Lipinski definition) is 1. The Labute approximate surface area is 138 Å². The summed E-state index contributed by atoms with van der Waals surface area (Å²) in [7, 11) is 3.02. The van der Waals surface area contributed by atoms with Gasteiger partial charge in [-0.3, -0.25) is 14.9 Å². The zero-order chi connectivity index (χ0) is 17.1. The van der Waals surface area contributed by atoms with Gasteiger partial charge in [0.15, 0.2) is 0 Å². The molecular weight excluding hydrogens is 310 g/mol. The van der Waals surface area contributed by atoms with Crippen molar-refractivity contribution in [3.63, 3.8) is 0 Å². The van der Waals surface area contributed by atoms with Gasteiger partial charge in [-0.25, -0.2) is 4.99 Å². The summed E-state index contributed by atoms with van der Waals surface area (Å²) >= 11 is 0. The van der Waals surface area contributed by atoms with Crippen molar-refractivity contribution in [2.45, 2.75) is 6.10 Å². The normalized spacial score (nSPS) is 21.2. The SMILES string of the molecule is COC1=CC2=NC(=NC(=O)c3ccccc3)NC(=O)C2=CC1OC. The predicted molar refractivity (Wildman–Crippen MR) is 87.8 cm³/mol. The molecule has 7 nitrogen and oxygen atoms in total. The number of ether oxygens (including phenoxy) is 2. The average Bonchev–Trinajstić information content (AvgIpc) is 2.61. The summed E-state index contributed by atoms with van der Waals surface area (Å²) in [6.45, 7) is 0. The Morgan fingerprint density at radius 1 is 1.25 bits per heavy atom. The van der Waals surface area contributed by atoms with Gasteiger partial charge in [-0.15, -0.1) is 0 Å². The summed E-state index contributed by atoms with van der Waals surface area (Å²) in [6.07, 6.45) is 2.76. The minimum Gasteiger partial charge on any atom is -0.498 e. The minimum absolute atomic E-state index is 0.0522. The van der Waals surface area contributed by atoms with E-state index in [9.17, 15) is 9.59 Å². The molecule has 3 rings (SSSR count). The fraction of sp³-hybridized carbons (Fsp3) is 0.176. The van der Waals surface area contributed by atoms with Gasteiger partial charge in [0.25, 0.3) is 11.8 Å². The van der Waals surface area contributed by atoms with Crippen LogP contribution in [0.15, 0.2) is 63.8 Å². The summed E-state index contributed by atoms with van der Waals surface area (Å²) in [5.41, 5.74) is 1.15. The lowest BCUT2D eigenvalue weighted by molar-refractivity contribution is -0.115. The van der Waals surface area contributed by atoms with E-state index in [0.29, 0.717) is 22.6 Å². The van der Waals surface area contributed by atoms with Crippen LogP contribution in [0.4, 0.5) is 0 Å². The molecule has 0 fully saturated rings. The lowest BCUT2D eigenvalue weighted by atomic mass is 9.98. The molecule has 1 N–H and O–H groups in total. The Morgan fingerprint density at radius 3 is 2.67 bits per heavy atom. The summed E-state index contributed by atoms with van der Waals surface area (Å²) in [4.78, 5) is 32.4. The molecule has 1 aliphatic heterocycles. The Balaban J connectivity index is 1.94. The highest BCUT2D eigenvalue weighted by Crippen LogP contribution is 2.21. The number of methoxy groups -OCH3 is 2. The van der Waals surface area contributed by atoms with E-state index in [0.717, 1.165) is 0 Å². The fourth-order valence-electron chi connectivity index (χ4n) is 2.36. The first-order valence-electron chi connectivity index (χ1n) is 7.21. The second kappa shape index (κ2) is 6.59. The molecule has 1 aliphatic carbocycles. The average molecular weight is 325 g/mol. The van der Waals surface area contributed by atoms with Gasteiger partial charge in [0.1, 0.15) is 11.9 Å². The van der Waals surface area contributed by atoms with E-state index in [4.69, 9.17) is 9.47 Å². The standard InChI is InChI=1S/C17H15N3O4/c1-23-13-8-11-12(9-14(13)24-2)18-17(20-16(11)22)19-15(21)10-6-4-3-5-7-10/h3-9,13H,1-2H3,(H,19,20,21,22). The maximum Gasteiger partial charge on any atom is 0.280 e. The molecule has 0 saturated carbocycles. The van der Waals surface area contributed by atoms with Crippen LogP contribution in [-0.2, 0) is 14.3 Å². The zero-order valence-electron chi connectivity index (χ0n) is 13.1. The van der Waals surface area contributed by atoms with Crippen molar-refractivity contribution in [3.05, 3.63) is 59.4 Å². The van der Waals surface area contributed by atoms with Crippen molar-refractivity contribution in [1.29, 1.82) is 0 Å². The summed E-state index contributed by atoms with van der Waals surface area (Å²) in [6, 6.07) is 8.55. The molecule has 24 heavy (non-hydrogen) atoms. The molecule has 0 spiro atoms. The van der Waals surface area contributed by atoms with Crippen LogP contribution in [0.5, 0.6) is 0 Å². The highest BCUT2D eigenvalue weighted by atomic mass is 16.5. The summed E-state index contributed by atoms with van der Waals surface area (Å²) < 4.78 is 10.5. The zero-order valence-corrected chi connectivity index (χ0v) is 13.1. The number of nitrogens with one attached hydrogen (secondary N) is 1. The first kappa shape index (κ1) is 15.8. The second-order valence-electron chi connectivity index (χ2n) is 5.05. The Morgan fingerprint density at radius 2 is 2.00 bits per heavy atom. The Kier molecular flexibility index (Phi) is 4.35. The van der Waals surface area contributed by atoms with Gasteiger partial charge in [0.2, 0.25) is 5.96 Å². The van der Waals surface area contributed by atoms with Gasteiger partial charge >= 0.3 is 0 Å². The van der Waals surface area contributed by atoms with E-state index >= 15 is 0 Å². The summed E-state index contributed by atoms with van der Waals surface area (Å²) in [5, 5.41) is 2.50. The van der Waals surface area contributed by atoms with Crippen molar-refractivity contribution in [2.24, 2.45) is 9.98 Å². The van der Waals surface area contributed by atoms with Crippen LogP contribution >= 0.6 is 0 Å². The molecule has 122 valence electrons. The number of hydrogen-bond acceptors (Lipinski definition) is 4. The van der Waals surface area contributed by atoms with Crippen molar-refractivity contribution in [1.82, 2.24) is 5.32 Å². The third kappa shape index (κ3) is 3.02. The molecule has 0 aromatic heterocycles. The molecule has 2 aliphatic rings. The number of allylic oxidation sites excluding steroid dienone is 1. The van der Waals surface area contributed by atoms with E-state index in [1.807, 2.05) is 0 Å². The molecule has 1 atom stereocenters. The van der Waals surface area contributed by atoms with Gasteiger partial charge in [-0.05, 0) is 18.2 Å². The van der Waals surface area contributed by atoms with E-state index < -0.39 is 17.9 Å². The molecule has 0 radical (unpaired) electrons. The van der Waals surface area contributed by atoms with Gasteiger partial charge in [0.05, 0.1) is 18.4 Å². The smallest absolute Gasteiger partial charge is 0.280 e. The molecular formula is C17H15N3O4. The van der Waals surface area contributed by atoms with Crippen molar-refractivity contribution in [2.75, 3.05) is 14.2 Å². The number of amides is 2. The Hall–Kier alpha value is -3.06. The molecule has 1 aromatic carbocycles. The van der Waals surface area contributed by atoms with Crippen molar-refractivity contribution >= 4 is 23.5 Å². The predicted octanol–water partition coefficient (Wildman–Crippen LogP) is 1.24. The van der Waals surface area contributed by atoms with Gasteiger partial charge in [-0.2, -0.15) is 4.99 Å². The van der Waals surface area contributed by atoms with Crippen LogP contribution in [0.3, 0.4) is 0 Å². The molecule has 0 saturated heterocycles. The third-order valence-corrected chi connectivity index (χ3v) is 3.57. The van der Waals surface area contributed by atoms with Gasteiger partial charge in [0, 0.05) is 18.7 Å². The van der Waals surface area contributed by atoms with Gasteiger partial charge < -0.3 is 9.47 Å². The number of guanidine groups is 1. The topological polar surface area (TPSA) is 89.4 Å². The summed E-state index contributed by atoms with van der Waals surface area (Å²) in [5.74, 6) is -0.413. The van der Waals surface area contributed by atoms with E-state index in [2.05, 4.69) is 15.3 Å². The number of nitrogens with zero attached hydrogens (tertiary/aromatic N) is 2. The van der Waals surface area contributed by atoms with Crippen LogP contribution in [0, 0.1) is 0 Å². The second-order valence-corrected chi connectivity index (χ2v) is 5.05. The fourth-order valence-corrected chi connectivity index (χ4v) is 2.36. The molecule has 1 heterocycles. The van der Waals surface area contributed by atoms with E-state index in [-0.39, 0.29) is 5.96 Å². The quantitative estimate of drug-likeness (QED) is 0.905. The number of benzene rings is 1. The maximum absolute atomic E-state index is 12.2. The van der Waals surface area contributed by atoms with Gasteiger partial charge in [-0.1, -0.05) is 18.2 Å². The molecule has 0 bridgehead atoms. The first-order chi connectivity index (χ1) is 11.6. The lowest BCUT2D eigenvalue weighted by Crippen LogP contribution is -2.40. The molecule has 7 heteroatoms. The number of aliphatic imine (C=N–C) groups is 2. The minimum atomic E-state index is -0.482.